The van der Waals surface area contributed by atoms with Crippen LogP contribution in [0.2, 0.25) is 0 Å². The quantitative estimate of drug-likeness (QED) is 0.825. The molecule has 0 aromatic heterocycles. The molecule has 2 unspecified atom stereocenters. The van der Waals surface area contributed by atoms with Gasteiger partial charge >= 0.3 is 0 Å². The summed E-state index contributed by atoms with van der Waals surface area (Å²) in [5.41, 5.74) is 1.29. The van der Waals surface area contributed by atoms with E-state index in [0.717, 1.165) is 31.6 Å². The number of rotatable bonds is 3. The summed E-state index contributed by atoms with van der Waals surface area (Å²) in [7, 11) is 0. The lowest BCUT2D eigenvalue weighted by Crippen LogP contribution is -2.41. The number of thioether (sulfide) groups is 1. The Morgan fingerprint density at radius 2 is 2.10 bits per heavy atom. The van der Waals surface area contributed by atoms with Gasteiger partial charge in [-0.05, 0) is 36.2 Å². The molecule has 2 heterocycles. The number of likely N-dealkylation sites (tertiary alicyclic amines) is 1. The van der Waals surface area contributed by atoms with Gasteiger partial charge in [0, 0.05) is 12.3 Å². The van der Waals surface area contributed by atoms with Crippen molar-refractivity contribution >= 4 is 17.7 Å². The first-order chi connectivity index (χ1) is 10.3. The largest absolute Gasteiger partial charge is 0.335 e. The van der Waals surface area contributed by atoms with Gasteiger partial charge in [0.25, 0.3) is 0 Å². The maximum absolute atomic E-state index is 12.9. The summed E-state index contributed by atoms with van der Waals surface area (Å²) in [6, 6.07) is 10.8. The van der Waals surface area contributed by atoms with Gasteiger partial charge in [0.2, 0.25) is 5.91 Å². The zero-order valence-electron chi connectivity index (χ0n) is 12.6. The molecule has 0 N–H and O–H groups in total. The van der Waals surface area contributed by atoms with Crippen molar-refractivity contribution in [2.45, 2.75) is 38.6 Å². The molecule has 1 aromatic carbocycles. The first-order valence-corrected chi connectivity index (χ1v) is 8.97. The monoisotopic (exact) mass is 301 g/mol. The first-order valence-electron chi connectivity index (χ1n) is 7.98. The van der Waals surface area contributed by atoms with Crippen molar-refractivity contribution in [3.63, 3.8) is 0 Å². The van der Waals surface area contributed by atoms with Gasteiger partial charge in [-0.1, -0.05) is 43.3 Å². The van der Waals surface area contributed by atoms with Crippen molar-refractivity contribution in [3.05, 3.63) is 46.9 Å². The Hall–Kier alpha value is -1.22. The van der Waals surface area contributed by atoms with E-state index in [0.29, 0.717) is 5.91 Å². The Bertz CT molecular complexity index is 525. The summed E-state index contributed by atoms with van der Waals surface area (Å²) in [5.74, 6) is 1.36. The van der Waals surface area contributed by atoms with Gasteiger partial charge in [0.15, 0.2) is 0 Å². The molecule has 2 aliphatic rings. The molecular weight excluding hydrogens is 278 g/mol. The van der Waals surface area contributed by atoms with Gasteiger partial charge in [0.1, 0.15) is 0 Å². The van der Waals surface area contributed by atoms with E-state index in [1.54, 1.807) is 0 Å². The molecule has 0 saturated carbocycles. The van der Waals surface area contributed by atoms with E-state index in [4.69, 9.17) is 0 Å². The fourth-order valence-electron chi connectivity index (χ4n) is 3.31. The SMILES string of the molecule is CCC1=CC(C(=O)N2CCCCC2c2ccccc2)CS1. The van der Waals surface area contributed by atoms with E-state index in [-0.39, 0.29) is 12.0 Å². The molecule has 2 atom stereocenters. The molecule has 0 radical (unpaired) electrons. The number of piperidine rings is 1. The number of amides is 1. The van der Waals surface area contributed by atoms with Gasteiger partial charge < -0.3 is 4.90 Å². The van der Waals surface area contributed by atoms with Crippen LogP contribution in [-0.4, -0.2) is 23.1 Å². The third-order valence-electron chi connectivity index (χ3n) is 4.47. The summed E-state index contributed by atoms with van der Waals surface area (Å²) in [5, 5.41) is 0. The summed E-state index contributed by atoms with van der Waals surface area (Å²) in [6.07, 6.45) is 6.71. The summed E-state index contributed by atoms with van der Waals surface area (Å²) in [4.78, 5) is 16.4. The Kier molecular flexibility index (Phi) is 4.69. The maximum atomic E-state index is 12.9. The van der Waals surface area contributed by atoms with Crippen LogP contribution in [0.25, 0.3) is 0 Å². The highest BCUT2D eigenvalue weighted by molar-refractivity contribution is 8.03. The molecular formula is C18H23NOS. The highest BCUT2D eigenvalue weighted by Gasteiger charge is 2.33. The minimum atomic E-state index is 0.0919. The molecule has 3 rings (SSSR count). The second kappa shape index (κ2) is 6.69. The zero-order valence-corrected chi connectivity index (χ0v) is 13.4. The lowest BCUT2D eigenvalue weighted by molar-refractivity contribution is -0.137. The summed E-state index contributed by atoms with van der Waals surface area (Å²) >= 11 is 1.85. The Labute approximate surface area is 131 Å². The Morgan fingerprint density at radius 1 is 1.29 bits per heavy atom. The molecule has 1 aromatic rings. The van der Waals surface area contributed by atoms with Crippen molar-refractivity contribution in [3.8, 4) is 0 Å². The van der Waals surface area contributed by atoms with Crippen LogP contribution < -0.4 is 0 Å². The van der Waals surface area contributed by atoms with E-state index in [9.17, 15) is 4.79 Å². The molecule has 1 fully saturated rings. The van der Waals surface area contributed by atoms with Crippen LogP contribution in [0, 0.1) is 5.92 Å². The summed E-state index contributed by atoms with van der Waals surface area (Å²) < 4.78 is 0. The van der Waals surface area contributed by atoms with E-state index >= 15 is 0 Å². The first kappa shape index (κ1) is 14.7. The molecule has 112 valence electrons. The van der Waals surface area contributed by atoms with Crippen molar-refractivity contribution in [2.75, 3.05) is 12.3 Å². The molecule has 0 aliphatic carbocycles. The number of carbonyl (C=O) groups excluding carboxylic acids is 1. The van der Waals surface area contributed by atoms with E-state index < -0.39 is 0 Å². The highest BCUT2D eigenvalue weighted by Crippen LogP contribution is 2.36. The van der Waals surface area contributed by atoms with Gasteiger partial charge in [-0.25, -0.2) is 0 Å². The van der Waals surface area contributed by atoms with Crippen LogP contribution in [0.3, 0.4) is 0 Å². The van der Waals surface area contributed by atoms with Gasteiger partial charge in [-0.2, -0.15) is 0 Å². The fourth-order valence-corrected chi connectivity index (χ4v) is 4.41. The number of hydrogen-bond acceptors (Lipinski definition) is 2. The van der Waals surface area contributed by atoms with Gasteiger partial charge in [0.05, 0.1) is 12.0 Å². The Balaban J connectivity index is 1.78. The molecule has 0 bridgehead atoms. The van der Waals surface area contributed by atoms with E-state index in [1.165, 1.54) is 16.9 Å². The molecule has 1 saturated heterocycles. The van der Waals surface area contributed by atoms with Crippen LogP contribution in [0.5, 0.6) is 0 Å². The van der Waals surface area contributed by atoms with Crippen LogP contribution in [0.1, 0.15) is 44.2 Å². The van der Waals surface area contributed by atoms with Crippen molar-refractivity contribution in [1.82, 2.24) is 4.90 Å². The molecule has 0 spiro atoms. The maximum Gasteiger partial charge on any atom is 0.230 e. The van der Waals surface area contributed by atoms with Gasteiger partial charge in [-0.15, -0.1) is 11.8 Å². The lowest BCUT2D eigenvalue weighted by atomic mass is 9.93. The van der Waals surface area contributed by atoms with Crippen LogP contribution in [-0.2, 0) is 4.79 Å². The van der Waals surface area contributed by atoms with Crippen LogP contribution >= 0.6 is 11.8 Å². The molecule has 2 aliphatic heterocycles. The third-order valence-corrected chi connectivity index (χ3v) is 5.79. The average Bonchev–Trinajstić information content (AvgIpc) is 3.04. The number of carbonyl (C=O) groups is 1. The minimum absolute atomic E-state index is 0.0919. The van der Waals surface area contributed by atoms with E-state index in [1.807, 2.05) is 17.8 Å². The Morgan fingerprint density at radius 3 is 2.81 bits per heavy atom. The number of benzene rings is 1. The molecule has 1 amide bonds. The van der Waals surface area contributed by atoms with E-state index in [2.05, 4.69) is 42.2 Å². The fraction of sp³-hybridized carbons (Fsp3) is 0.500. The van der Waals surface area contributed by atoms with Crippen molar-refractivity contribution < 1.29 is 4.79 Å². The molecule has 3 heteroatoms. The topological polar surface area (TPSA) is 20.3 Å². The third kappa shape index (κ3) is 3.18. The van der Waals surface area contributed by atoms with Gasteiger partial charge in [-0.3, -0.25) is 4.79 Å². The predicted molar refractivity (Wildman–Crippen MR) is 89.1 cm³/mol. The second-order valence-corrected chi connectivity index (χ2v) is 7.00. The smallest absolute Gasteiger partial charge is 0.230 e. The number of hydrogen-bond donors (Lipinski definition) is 0. The summed E-state index contributed by atoms with van der Waals surface area (Å²) in [6.45, 7) is 3.08. The highest BCUT2D eigenvalue weighted by atomic mass is 32.2. The molecule has 2 nitrogen and oxygen atoms in total. The van der Waals surface area contributed by atoms with Crippen molar-refractivity contribution in [1.29, 1.82) is 0 Å². The average molecular weight is 301 g/mol. The normalized spacial score (nSPS) is 25.8. The molecule has 21 heavy (non-hydrogen) atoms. The number of allylic oxidation sites excluding steroid dienone is 1. The number of nitrogens with zero attached hydrogens (tertiary/aromatic N) is 1. The predicted octanol–water partition coefficient (Wildman–Crippen LogP) is 4.40. The zero-order chi connectivity index (χ0) is 14.7. The van der Waals surface area contributed by atoms with Crippen molar-refractivity contribution in [2.24, 2.45) is 5.92 Å². The van der Waals surface area contributed by atoms with Crippen LogP contribution in [0.4, 0.5) is 0 Å². The minimum Gasteiger partial charge on any atom is -0.335 e. The lowest BCUT2D eigenvalue weighted by Gasteiger charge is -2.37. The standard InChI is InChI=1S/C18H23NOS/c1-2-16-12-15(13-21-16)18(20)19-11-7-6-10-17(19)14-8-4-3-5-9-14/h3-5,8-9,12,15,17H,2,6-7,10-11,13H2,1H3. The van der Waals surface area contributed by atoms with Crippen LogP contribution in [0.15, 0.2) is 41.3 Å². The second-order valence-electron chi connectivity index (χ2n) is 5.86.